The second-order valence-corrected chi connectivity index (χ2v) is 10.6. The second kappa shape index (κ2) is 9.85. The van der Waals surface area contributed by atoms with E-state index in [1.54, 1.807) is 36.4 Å². The highest BCUT2D eigenvalue weighted by molar-refractivity contribution is 6.42. The fraction of sp³-hybridized carbons (Fsp3) is 0.250. The van der Waals surface area contributed by atoms with Crippen LogP contribution in [0.25, 0.3) is 0 Å². The van der Waals surface area contributed by atoms with Gasteiger partial charge in [0, 0.05) is 23.7 Å². The molecule has 2 aromatic heterocycles. The molecule has 0 spiro atoms. The van der Waals surface area contributed by atoms with E-state index in [9.17, 15) is 20.2 Å². The van der Waals surface area contributed by atoms with Crippen LogP contribution in [0.15, 0.2) is 45.4 Å². The number of hydrogen-bond donors (Lipinski definition) is 0. The highest BCUT2D eigenvalue weighted by atomic mass is 35.5. The van der Waals surface area contributed by atoms with E-state index in [1.807, 2.05) is 0 Å². The largest absolute Gasteiger partial charge is 0.353 e. The van der Waals surface area contributed by atoms with E-state index in [4.69, 9.17) is 55.4 Å². The Morgan fingerprint density at radius 2 is 1.03 bits per heavy atom. The van der Waals surface area contributed by atoms with Gasteiger partial charge in [0.25, 0.3) is 0 Å². The van der Waals surface area contributed by atoms with Gasteiger partial charge in [-0.3, -0.25) is 20.2 Å². The molecule has 0 amide bonds. The van der Waals surface area contributed by atoms with Crippen molar-refractivity contribution in [2.45, 2.75) is 37.5 Å². The van der Waals surface area contributed by atoms with E-state index >= 15 is 0 Å². The molecule has 5 rings (SSSR count). The molecule has 196 valence electrons. The molecule has 14 heteroatoms. The first-order valence-corrected chi connectivity index (χ1v) is 12.6. The maximum atomic E-state index is 12.0. The zero-order valence-corrected chi connectivity index (χ0v) is 22.5. The fourth-order valence-electron chi connectivity index (χ4n) is 5.32. The molecular weight excluding hydrogens is 582 g/mol. The van der Waals surface area contributed by atoms with Crippen molar-refractivity contribution in [3.05, 3.63) is 111 Å². The first-order valence-electron chi connectivity index (χ1n) is 11.1. The highest BCUT2D eigenvalue weighted by Gasteiger charge is 2.60. The molecular formula is C24H16Cl4N4O6. The minimum absolute atomic E-state index is 0.00906. The summed E-state index contributed by atoms with van der Waals surface area (Å²) in [4.78, 5) is 23.0. The van der Waals surface area contributed by atoms with Crippen LogP contribution in [0.2, 0.25) is 20.1 Å². The number of rotatable bonds is 6. The average Bonchev–Trinajstić information content (AvgIpc) is 3.40. The van der Waals surface area contributed by atoms with E-state index in [1.165, 1.54) is 13.8 Å². The fourth-order valence-corrected chi connectivity index (χ4v) is 5.93. The molecule has 2 aromatic carbocycles. The molecule has 38 heavy (non-hydrogen) atoms. The Kier molecular flexibility index (Phi) is 6.85. The van der Waals surface area contributed by atoms with Crippen LogP contribution in [0, 0.1) is 34.1 Å². The van der Waals surface area contributed by atoms with Gasteiger partial charge < -0.3 is 9.05 Å². The maximum absolute atomic E-state index is 12.0. The van der Waals surface area contributed by atoms with Crippen molar-refractivity contribution in [1.29, 1.82) is 0 Å². The van der Waals surface area contributed by atoms with Gasteiger partial charge in [0.15, 0.2) is 11.4 Å². The Bertz CT molecular complexity index is 1480. The van der Waals surface area contributed by atoms with Gasteiger partial charge in [-0.15, -0.1) is 0 Å². The summed E-state index contributed by atoms with van der Waals surface area (Å²) in [6, 6.07) is 9.80. The quantitative estimate of drug-likeness (QED) is 0.160. The number of hydrogen-bond acceptors (Lipinski definition) is 8. The summed E-state index contributed by atoms with van der Waals surface area (Å²) in [5, 5.41) is 32.9. The summed E-state index contributed by atoms with van der Waals surface area (Å²) in [5.74, 6) is -2.70. The zero-order chi connectivity index (χ0) is 27.5. The molecule has 10 nitrogen and oxygen atoms in total. The Hall–Kier alpha value is -3.18. The molecule has 2 heterocycles. The average molecular weight is 598 g/mol. The molecule has 0 aliphatic heterocycles. The second-order valence-electron chi connectivity index (χ2n) is 8.93. The van der Waals surface area contributed by atoms with Gasteiger partial charge >= 0.3 is 11.4 Å². The minimum atomic E-state index is -0.721. The van der Waals surface area contributed by atoms with E-state index in [0.29, 0.717) is 21.2 Å². The van der Waals surface area contributed by atoms with Crippen LogP contribution in [0.1, 0.15) is 57.7 Å². The van der Waals surface area contributed by atoms with Crippen LogP contribution < -0.4 is 0 Å². The molecule has 0 radical (unpaired) electrons. The van der Waals surface area contributed by atoms with E-state index in [-0.39, 0.29) is 44.3 Å². The Labute approximate surface area is 234 Å². The first-order chi connectivity index (χ1) is 18.0. The third-order valence-corrected chi connectivity index (χ3v) is 8.37. The Morgan fingerprint density at radius 3 is 1.34 bits per heavy atom. The van der Waals surface area contributed by atoms with Crippen molar-refractivity contribution in [3.63, 3.8) is 0 Å². The van der Waals surface area contributed by atoms with Gasteiger partial charge in [-0.2, -0.15) is 0 Å². The van der Waals surface area contributed by atoms with Crippen molar-refractivity contribution in [3.8, 4) is 0 Å². The van der Waals surface area contributed by atoms with Gasteiger partial charge in [-0.05, 0) is 49.2 Å². The predicted octanol–water partition coefficient (Wildman–Crippen LogP) is 8.16. The zero-order valence-electron chi connectivity index (χ0n) is 19.5. The molecule has 1 aliphatic carbocycles. The number of nitro groups is 2. The number of halogens is 4. The summed E-state index contributed by atoms with van der Waals surface area (Å²) >= 11 is 25.0. The number of benzene rings is 2. The van der Waals surface area contributed by atoms with E-state index in [0.717, 1.165) is 0 Å². The summed E-state index contributed by atoms with van der Waals surface area (Å²) in [5.41, 5.74) is 0.833. The first kappa shape index (κ1) is 26.4. The molecule has 0 N–H and O–H groups in total. The number of nitrogens with zero attached hydrogens (tertiary/aromatic N) is 4. The summed E-state index contributed by atoms with van der Waals surface area (Å²) in [6.45, 7) is 2.93. The van der Waals surface area contributed by atoms with Gasteiger partial charge in [-0.25, -0.2) is 0 Å². The van der Waals surface area contributed by atoms with Gasteiger partial charge in [0.1, 0.15) is 0 Å². The lowest BCUT2D eigenvalue weighted by Gasteiger charge is -2.50. The molecule has 0 atom stereocenters. The summed E-state index contributed by atoms with van der Waals surface area (Å²) < 4.78 is 11.1. The molecule has 4 aromatic rings. The summed E-state index contributed by atoms with van der Waals surface area (Å²) in [6.07, 6.45) is 0. The molecule has 0 saturated heterocycles. The van der Waals surface area contributed by atoms with Crippen LogP contribution in [0.5, 0.6) is 0 Å². The lowest BCUT2D eigenvalue weighted by molar-refractivity contribution is -0.387. The van der Waals surface area contributed by atoms with Crippen molar-refractivity contribution in [2.75, 3.05) is 0 Å². The van der Waals surface area contributed by atoms with Crippen LogP contribution in [0.4, 0.5) is 11.4 Å². The van der Waals surface area contributed by atoms with Crippen molar-refractivity contribution >= 4 is 57.8 Å². The van der Waals surface area contributed by atoms with Gasteiger partial charge in [0.2, 0.25) is 11.5 Å². The number of aryl methyl sites for hydroxylation is 2. The number of aromatic nitrogens is 2. The third kappa shape index (κ3) is 4.21. The smallest absolute Gasteiger partial charge is 0.334 e. The molecule has 1 aliphatic rings. The van der Waals surface area contributed by atoms with E-state index in [2.05, 4.69) is 10.3 Å². The Morgan fingerprint density at radius 1 is 0.658 bits per heavy atom. The van der Waals surface area contributed by atoms with Crippen molar-refractivity contribution in [2.24, 2.45) is 0 Å². The summed E-state index contributed by atoms with van der Waals surface area (Å²) in [7, 11) is 0. The molecule has 1 saturated carbocycles. The standard InChI is InChI=1S/C24H16Cl4N4O6/c1-9-21(31(33)34)23(37-29-9)19-17(11-3-5-13(25)15(27)7-11)20(24-22(32(35)36)10(2)30-38-24)18(19)12-4-6-14(26)16(28)8-12/h3-8,17-20H,1-2H3. The van der Waals surface area contributed by atoms with Gasteiger partial charge in [0.05, 0.1) is 29.9 Å². The molecule has 1 fully saturated rings. The molecule has 0 unspecified atom stereocenters. The predicted molar refractivity (Wildman–Crippen MR) is 140 cm³/mol. The van der Waals surface area contributed by atoms with E-state index < -0.39 is 33.5 Å². The van der Waals surface area contributed by atoms with Crippen LogP contribution >= 0.6 is 46.4 Å². The normalized spacial score (nSPS) is 20.8. The molecule has 0 bridgehead atoms. The van der Waals surface area contributed by atoms with Crippen LogP contribution in [-0.4, -0.2) is 20.2 Å². The van der Waals surface area contributed by atoms with Crippen LogP contribution in [-0.2, 0) is 0 Å². The highest BCUT2D eigenvalue weighted by Crippen LogP contribution is 2.69. The maximum Gasteiger partial charge on any atom is 0.334 e. The topological polar surface area (TPSA) is 138 Å². The Balaban J connectivity index is 1.80. The SMILES string of the molecule is Cc1noc(C2C(c3ccc(Cl)c(Cl)c3)C(c3onc(C)c3[N+](=O)[O-])C2c2ccc(Cl)c(Cl)c2)c1[N+](=O)[O-]. The van der Waals surface area contributed by atoms with Crippen molar-refractivity contribution < 1.29 is 18.9 Å². The lowest BCUT2D eigenvalue weighted by Crippen LogP contribution is -2.40. The monoisotopic (exact) mass is 596 g/mol. The van der Waals surface area contributed by atoms with Gasteiger partial charge in [-0.1, -0.05) is 68.8 Å². The minimum Gasteiger partial charge on any atom is -0.353 e. The van der Waals surface area contributed by atoms with Crippen LogP contribution in [0.3, 0.4) is 0 Å². The lowest BCUT2D eigenvalue weighted by atomic mass is 9.51. The third-order valence-electron chi connectivity index (χ3n) is 6.89. The van der Waals surface area contributed by atoms with Crippen molar-refractivity contribution in [1.82, 2.24) is 10.3 Å².